The molecule has 0 spiro atoms. The molecule has 3 aromatic heterocycles. The lowest BCUT2D eigenvalue weighted by Crippen LogP contribution is -2.42. The number of rotatable bonds is 5. The zero-order valence-corrected chi connectivity index (χ0v) is 17.3. The number of aromatic nitrogens is 4. The minimum atomic E-state index is -0.0403. The maximum absolute atomic E-state index is 12.8. The van der Waals surface area contributed by atoms with E-state index in [1.54, 1.807) is 23.5 Å². The van der Waals surface area contributed by atoms with E-state index >= 15 is 0 Å². The Labute approximate surface area is 175 Å². The molecule has 4 heterocycles. The minimum Gasteiger partial charge on any atom is -0.338 e. The van der Waals surface area contributed by atoms with Crippen molar-refractivity contribution in [2.24, 2.45) is 0 Å². The first-order valence-electron chi connectivity index (χ1n) is 9.71. The lowest BCUT2D eigenvalue weighted by atomic mass is 9.97. The molecule has 148 valence electrons. The van der Waals surface area contributed by atoms with Gasteiger partial charge in [0.25, 0.3) is 5.91 Å². The van der Waals surface area contributed by atoms with Crippen LogP contribution in [0.3, 0.4) is 0 Å². The van der Waals surface area contributed by atoms with Gasteiger partial charge in [0.1, 0.15) is 11.0 Å². The molecule has 7 heteroatoms. The Morgan fingerprint density at radius 1 is 1.07 bits per heavy atom. The van der Waals surface area contributed by atoms with Gasteiger partial charge in [0.05, 0.1) is 5.56 Å². The average molecular weight is 408 g/mol. The number of hydrogen-bond donors (Lipinski definition) is 0. The zero-order chi connectivity index (χ0) is 20.4. The Morgan fingerprint density at radius 2 is 1.83 bits per heavy atom. The first kappa shape index (κ1) is 19.5. The molecule has 1 saturated heterocycles. The Morgan fingerprint density at radius 3 is 2.55 bits per heavy atom. The molecule has 1 amide bonds. The van der Waals surface area contributed by atoms with E-state index in [0.29, 0.717) is 5.56 Å². The number of amides is 1. The minimum absolute atomic E-state index is 0.0403. The summed E-state index contributed by atoms with van der Waals surface area (Å²) in [6.45, 7) is 5.37. The van der Waals surface area contributed by atoms with E-state index in [4.69, 9.17) is 11.6 Å². The van der Waals surface area contributed by atoms with Crippen molar-refractivity contribution in [1.82, 2.24) is 24.8 Å². The van der Waals surface area contributed by atoms with Crippen LogP contribution in [0.2, 0.25) is 5.15 Å². The van der Waals surface area contributed by atoms with Crippen LogP contribution in [0.1, 0.15) is 39.6 Å². The Kier molecular flexibility index (Phi) is 5.53. The van der Waals surface area contributed by atoms with Crippen molar-refractivity contribution in [3.63, 3.8) is 0 Å². The second-order valence-corrected chi connectivity index (χ2v) is 7.60. The van der Waals surface area contributed by atoms with Crippen molar-refractivity contribution < 1.29 is 4.79 Å². The smallest absolute Gasteiger partial charge is 0.257 e. The van der Waals surface area contributed by atoms with Crippen LogP contribution in [0, 0.1) is 13.8 Å². The lowest BCUT2D eigenvalue weighted by molar-refractivity contribution is 0.0651. The SMILES string of the molecule is Cc1nccc(CCc2cc(-c3cnc(Cl)c(C(=O)N4CCC4)c3C)ccn2)n1. The van der Waals surface area contributed by atoms with E-state index in [9.17, 15) is 4.79 Å². The van der Waals surface area contributed by atoms with Crippen molar-refractivity contribution in [3.05, 3.63) is 70.3 Å². The van der Waals surface area contributed by atoms with Gasteiger partial charge in [-0.3, -0.25) is 9.78 Å². The highest BCUT2D eigenvalue weighted by Gasteiger charge is 2.26. The highest BCUT2D eigenvalue weighted by Crippen LogP contribution is 2.30. The monoisotopic (exact) mass is 407 g/mol. The number of nitrogens with zero attached hydrogens (tertiary/aromatic N) is 5. The third-order valence-electron chi connectivity index (χ3n) is 5.25. The zero-order valence-electron chi connectivity index (χ0n) is 16.5. The molecular weight excluding hydrogens is 386 g/mol. The lowest BCUT2D eigenvalue weighted by Gasteiger charge is -2.31. The van der Waals surface area contributed by atoms with Gasteiger partial charge in [-0.05, 0) is 62.4 Å². The van der Waals surface area contributed by atoms with Gasteiger partial charge in [-0.1, -0.05) is 11.6 Å². The Hall–Kier alpha value is -2.86. The van der Waals surface area contributed by atoms with Crippen LogP contribution in [0.15, 0.2) is 36.8 Å². The van der Waals surface area contributed by atoms with E-state index in [2.05, 4.69) is 19.9 Å². The summed E-state index contributed by atoms with van der Waals surface area (Å²) in [6.07, 6.45) is 7.90. The number of hydrogen-bond acceptors (Lipinski definition) is 5. The molecule has 4 rings (SSSR count). The fourth-order valence-corrected chi connectivity index (χ4v) is 3.74. The summed E-state index contributed by atoms with van der Waals surface area (Å²) in [4.78, 5) is 32.0. The van der Waals surface area contributed by atoms with Crippen LogP contribution in [-0.4, -0.2) is 43.8 Å². The van der Waals surface area contributed by atoms with Gasteiger partial charge in [0.15, 0.2) is 0 Å². The molecule has 0 aromatic carbocycles. The summed E-state index contributed by atoms with van der Waals surface area (Å²) in [6, 6.07) is 5.91. The standard InChI is InChI=1S/C22H22ClN5O/c1-14-19(13-26-21(23)20(14)22(29)28-10-3-11-28)16-6-8-25-18(12-16)5-4-17-7-9-24-15(2)27-17/h6-9,12-13H,3-5,10-11H2,1-2H3. The first-order valence-corrected chi connectivity index (χ1v) is 10.1. The quantitative estimate of drug-likeness (QED) is 0.601. The van der Waals surface area contributed by atoms with Crippen molar-refractivity contribution >= 4 is 17.5 Å². The largest absolute Gasteiger partial charge is 0.338 e. The fraction of sp³-hybridized carbons (Fsp3) is 0.318. The maximum Gasteiger partial charge on any atom is 0.257 e. The molecule has 0 atom stereocenters. The van der Waals surface area contributed by atoms with Crippen molar-refractivity contribution in [2.45, 2.75) is 33.1 Å². The van der Waals surface area contributed by atoms with Gasteiger partial charge in [-0.15, -0.1) is 0 Å². The first-order chi connectivity index (χ1) is 14.0. The van der Waals surface area contributed by atoms with Crippen LogP contribution in [-0.2, 0) is 12.8 Å². The highest BCUT2D eigenvalue weighted by atomic mass is 35.5. The second kappa shape index (κ2) is 8.25. The van der Waals surface area contributed by atoms with Gasteiger partial charge in [0.2, 0.25) is 0 Å². The van der Waals surface area contributed by atoms with E-state index in [0.717, 1.165) is 66.3 Å². The molecule has 0 radical (unpaired) electrons. The van der Waals surface area contributed by atoms with Crippen LogP contribution in [0.4, 0.5) is 0 Å². The van der Waals surface area contributed by atoms with Crippen LogP contribution >= 0.6 is 11.6 Å². The van der Waals surface area contributed by atoms with Crippen LogP contribution < -0.4 is 0 Å². The molecule has 0 N–H and O–H groups in total. The predicted octanol–water partition coefficient (Wildman–Crippen LogP) is 3.83. The van der Waals surface area contributed by atoms with E-state index in [1.807, 2.05) is 32.0 Å². The molecule has 0 aliphatic carbocycles. The molecule has 0 unspecified atom stereocenters. The molecule has 1 aliphatic rings. The normalized spacial score (nSPS) is 13.3. The van der Waals surface area contributed by atoms with Gasteiger partial charge in [-0.25, -0.2) is 15.0 Å². The van der Waals surface area contributed by atoms with Gasteiger partial charge >= 0.3 is 0 Å². The maximum atomic E-state index is 12.8. The molecule has 29 heavy (non-hydrogen) atoms. The average Bonchev–Trinajstić information content (AvgIpc) is 2.65. The molecule has 3 aromatic rings. The predicted molar refractivity (Wildman–Crippen MR) is 112 cm³/mol. The molecular formula is C22H22ClN5O. The number of likely N-dealkylation sites (tertiary alicyclic amines) is 1. The molecule has 6 nitrogen and oxygen atoms in total. The summed E-state index contributed by atoms with van der Waals surface area (Å²) in [5.74, 6) is 0.730. The summed E-state index contributed by atoms with van der Waals surface area (Å²) < 4.78 is 0. The molecule has 1 aliphatic heterocycles. The van der Waals surface area contributed by atoms with Crippen molar-refractivity contribution in [2.75, 3.05) is 13.1 Å². The number of aryl methyl sites for hydroxylation is 3. The third kappa shape index (κ3) is 4.12. The van der Waals surface area contributed by atoms with Crippen molar-refractivity contribution in [1.29, 1.82) is 0 Å². The van der Waals surface area contributed by atoms with Gasteiger partial charge in [-0.2, -0.15) is 0 Å². The van der Waals surface area contributed by atoms with E-state index in [1.165, 1.54) is 0 Å². The number of halogens is 1. The number of pyridine rings is 2. The van der Waals surface area contributed by atoms with Crippen molar-refractivity contribution in [3.8, 4) is 11.1 Å². The topological polar surface area (TPSA) is 71.9 Å². The van der Waals surface area contributed by atoms with E-state index in [-0.39, 0.29) is 11.1 Å². The Balaban J connectivity index is 1.60. The molecule has 1 fully saturated rings. The summed E-state index contributed by atoms with van der Waals surface area (Å²) >= 11 is 6.29. The summed E-state index contributed by atoms with van der Waals surface area (Å²) in [7, 11) is 0. The third-order valence-corrected chi connectivity index (χ3v) is 5.53. The summed E-state index contributed by atoms with van der Waals surface area (Å²) in [5.41, 5.74) is 5.19. The van der Waals surface area contributed by atoms with Gasteiger partial charge in [0, 0.05) is 48.6 Å². The second-order valence-electron chi connectivity index (χ2n) is 7.24. The molecule has 0 bridgehead atoms. The Bertz CT molecular complexity index is 1060. The van der Waals surface area contributed by atoms with Gasteiger partial charge < -0.3 is 4.90 Å². The van der Waals surface area contributed by atoms with E-state index < -0.39 is 0 Å². The van der Waals surface area contributed by atoms with Crippen LogP contribution in [0.5, 0.6) is 0 Å². The fourth-order valence-electron chi connectivity index (χ4n) is 3.47. The number of carbonyl (C=O) groups is 1. The summed E-state index contributed by atoms with van der Waals surface area (Å²) in [5, 5.41) is 0.261. The molecule has 0 saturated carbocycles. The number of carbonyl (C=O) groups excluding carboxylic acids is 1. The van der Waals surface area contributed by atoms with Crippen LogP contribution in [0.25, 0.3) is 11.1 Å². The highest BCUT2D eigenvalue weighted by molar-refractivity contribution is 6.33.